The van der Waals surface area contributed by atoms with Crippen molar-refractivity contribution in [1.82, 2.24) is 4.90 Å². The average Bonchev–Trinajstić information content (AvgIpc) is 3.18. The largest absolute Gasteiger partial charge is 0.497 e. The van der Waals surface area contributed by atoms with Gasteiger partial charge in [-0.3, -0.25) is 14.5 Å². The van der Waals surface area contributed by atoms with Crippen molar-refractivity contribution in [2.45, 2.75) is 25.6 Å². The van der Waals surface area contributed by atoms with Gasteiger partial charge in [-0.2, -0.15) is 0 Å². The first-order valence-electron chi connectivity index (χ1n) is 7.95. The molecule has 2 amide bonds. The summed E-state index contributed by atoms with van der Waals surface area (Å²) in [4.78, 5) is 27.5. The Hall–Kier alpha value is -2.47. The Bertz CT molecular complexity index is 806. The molecule has 6 heteroatoms. The lowest BCUT2D eigenvalue weighted by Gasteiger charge is -2.13. The summed E-state index contributed by atoms with van der Waals surface area (Å²) >= 11 is 1.41. The number of imide groups is 1. The molecule has 1 aliphatic rings. The van der Waals surface area contributed by atoms with E-state index >= 15 is 0 Å². The Morgan fingerprint density at radius 2 is 1.84 bits per heavy atom. The molecular weight excluding hydrogens is 338 g/mol. The lowest BCUT2D eigenvalue weighted by Crippen LogP contribution is -2.30. The molecule has 0 radical (unpaired) electrons. The minimum Gasteiger partial charge on any atom is -0.497 e. The predicted octanol–water partition coefficient (Wildman–Crippen LogP) is 3.71. The zero-order chi connectivity index (χ0) is 18.0. The molecule has 2 heterocycles. The molecule has 1 aliphatic heterocycles. The fourth-order valence-corrected chi connectivity index (χ4v) is 3.62. The van der Waals surface area contributed by atoms with E-state index in [0.29, 0.717) is 27.6 Å². The molecule has 0 N–H and O–H groups in total. The number of furan rings is 1. The van der Waals surface area contributed by atoms with Crippen LogP contribution in [0, 0.1) is 0 Å². The van der Waals surface area contributed by atoms with Crippen LogP contribution in [-0.2, 0) is 16.1 Å². The smallest absolute Gasteiger partial charge is 0.268 e. The van der Waals surface area contributed by atoms with E-state index in [1.54, 1.807) is 43.5 Å². The highest BCUT2D eigenvalue weighted by molar-refractivity contribution is 8.04. The summed E-state index contributed by atoms with van der Waals surface area (Å²) in [5, 5.41) is 0.184. The van der Waals surface area contributed by atoms with Crippen LogP contribution in [0.2, 0.25) is 0 Å². The Morgan fingerprint density at radius 3 is 2.40 bits per heavy atom. The Labute approximate surface area is 150 Å². The van der Waals surface area contributed by atoms with E-state index in [-0.39, 0.29) is 23.6 Å². The Balaban J connectivity index is 1.98. The standard InChI is InChI=1S/C19H19NO4S/c1-12(2)25-17-16(13-6-8-14(23-3)9-7-13)18(21)20(19(17)22)11-15-5-4-10-24-15/h4-10,12H,11H2,1-3H3. The number of thioether (sulfide) groups is 1. The Kier molecular flexibility index (Phi) is 4.99. The average molecular weight is 357 g/mol. The van der Waals surface area contributed by atoms with Gasteiger partial charge in [0.1, 0.15) is 11.5 Å². The highest BCUT2D eigenvalue weighted by Crippen LogP contribution is 2.38. The summed E-state index contributed by atoms with van der Waals surface area (Å²) in [5.74, 6) is 0.707. The van der Waals surface area contributed by atoms with Crippen molar-refractivity contribution in [3.63, 3.8) is 0 Å². The summed E-state index contributed by atoms with van der Waals surface area (Å²) in [6, 6.07) is 10.7. The molecular formula is C19H19NO4S. The minimum absolute atomic E-state index is 0.131. The van der Waals surface area contributed by atoms with Crippen molar-refractivity contribution >= 4 is 29.1 Å². The maximum atomic E-state index is 12.9. The lowest BCUT2D eigenvalue weighted by atomic mass is 10.1. The van der Waals surface area contributed by atoms with Crippen LogP contribution >= 0.6 is 11.8 Å². The van der Waals surface area contributed by atoms with Gasteiger partial charge in [-0.15, -0.1) is 11.8 Å². The normalized spacial score (nSPS) is 14.8. The number of methoxy groups -OCH3 is 1. The van der Waals surface area contributed by atoms with Crippen LogP contribution in [0.3, 0.4) is 0 Å². The fourth-order valence-electron chi connectivity index (χ4n) is 2.61. The summed E-state index contributed by atoms with van der Waals surface area (Å²) in [6.45, 7) is 4.12. The first kappa shape index (κ1) is 17.4. The molecule has 0 fully saturated rings. The van der Waals surface area contributed by atoms with E-state index in [1.165, 1.54) is 22.9 Å². The SMILES string of the molecule is COc1ccc(C2=C(SC(C)C)C(=O)N(Cc3ccco3)C2=O)cc1. The van der Waals surface area contributed by atoms with E-state index in [4.69, 9.17) is 9.15 Å². The molecule has 0 unspecified atom stereocenters. The number of carbonyl (C=O) groups is 2. The van der Waals surface area contributed by atoms with Gasteiger partial charge in [-0.25, -0.2) is 0 Å². The zero-order valence-electron chi connectivity index (χ0n) is 14.3. The third kappa shape index (κ3) is 3.49. The van der Waals surface area contributed by atoms with Crippen LogP contribution in [0.1, 0.15) is 25.2 Å². The summed E-state index contributed by atoms with van der Waals surface area (Å²) in [6.07, 6.45) is 1.53. The summed E-state index contributed by atoms with van der Waals surface area (Å²) < 4.78 is 10.5. The molecule has 25 heavy (non-hydrogen) atoms. The first-order chi connectivity index (χ1) is 12.0. The highest BCUT2D eigenvalue weighted by atomic mass is 32.2. The van der Waals surface area contributed by atoms with Gasteiger partial charge in [0.2, 0.25) is 0 Å². The van der Waals surface area contributed by atoms with Crippen molar-refractivity contribution in [3.05, 3.63) is 58.9 Å². The van der Waals surface area contributed by atoms with Gasteiger partial charge in [0.15, 0.2) is 0 Å². The molecule has 130 valence electrons. The number of nitrogens with zero attached hydrogens (tertiary/aromatic N) is 1. The van der Waals surface area contributed by atoms with Crippen molar-refractivity contribution < 1.29 is 18.7 Å². The number of benzene rings is 1. The predicted molar refractivity (Wildman–Crippen MR) is 96.9 cm³/mol. The number of hydrogen-bond donors (Lipinski definition) is 0. The fraction of sp³-hybridized carbons (Fsp3) is 0.263. The maximum Gasteiger partial charge on any atom is 0.268 e. The molecule has 0 aliphatic carbocycles. The second kappa shape index (κ2) is 7.19. The lowest BCUT2D eigenvalue weighted by molar-refractivity contribution is -0.137. The van der Waals surface area contributed by atoms with E-state index in [9.17, 15) is 9.59 Å². The topological polar surface area (TPSA) is 59.8 Å². The highest BCUT2D eigenvalue weighted by Gasteiger charge is 2.39. The van der Waals surface area contributed by atoms with Crippen LogP contribution < -0.4 is 4.74 Å². The van der Waals surface area contributed by atoms with Crippen molar-refractivity contribution in [2.75, 3.05) is 7.11 Å². The van der Waals surface area contributed by atoms with Crippen LogP contribution in [0.5, 0.6) is 5.75 Å². The molecule has 0 spiro atoms. The molecule has 0 atom stereocenters. The van der Waals surface area contributed by atoms with Crippen LogP contribution in [0.25, 0.3) is 5.57 Å². The molecule has 2 aromatic rings. The second-order valence-electron chi connectivity index (χ2n) is 5.88. The van der Waals surface area contributed by atoms with E-state index in [0.717, 1.165) is 0 Å². The first-order valence-corrected chi connectivity index (χ1v) is 8.83. The van der Waals surface area contributed by atoms with Crippen molar-refractivity contribution in [1.29, 1.82) is 0 Å². The van der Waals surface area contributed by atoms with E-state index in [2.05, 4.69) is 0 Å². The quantitative estimate of drug-likeness (QED) is 0.738. The van der Waals surface area contributed by atoms with Gasteiger partial charge < -0.3 is 9.15 Å². The number of ether oxygens (including phenoxy) is 1. The number of amides is 2. The zero-order valence-corrected chi connectivity index (χ0v) is 15.1. The monoisotopic (exact) mass is 357 g/mol. The molecule has 1 aromatic heterocycles. The van der Waals surface area contributed by atoms with Crippen LogP contribution in [-0.4, -0.2) is 29.1 Å². The molecule has 1 aromatic carbocycles. The number of hydrogen-bond acceptors (Lipinski definition) is 5. The summed E-state index contributed by atoms with van der Waals surface area (Å²) in [5.41, 5.74) is 1.15. The van der Waals surface area contributed by atoms with Gasteiger partial charge in [0.05, 0.1) is 30.4 Å². The van der Waals surface area contributed by atoms with Gasteiger partial charge in [0, 0.05) is 5.25 Å². The van der Waals surface area contributed by atoms with Crippen molar-refractivity contribution in [2.24, 2.45) is 0 Å². The van der Waals surface area contributed by atoms with E-state index in [1.807, 2.05) is 13.8 Å². The molecule has 5 nitrogen and oxygen atoms in total. The number of rotatable bonds is 6. The van der Waals surface area contributed by atoms with Gasteiger partial charge in [-0.05, 0) is 29.8 Å². The van der Waals surface area contributed by atoms with Gasteiger partial charge >= 0.3 is 0 Å². The maximum absolute atomic E-state index is 12.9. The minimum atomic E-state index is -0.297. The number of carbonyl (C=O) groups excluding carboxylic acids is 2. The second-order valence-corrected chi connectivity index (χ2v) is 7.46. The van der Waals surface area contributed by atoms with E-state index < -0.39 is 0 Å². The molecule has 0 saturated carbocycles. The van der Waals surface area contributed by atoms with Gasteiger partial charge in [0.25, 0.3) is 11.8 Å². The van der Waals surface area contributed by atoms with Gasteiger partial charge in [-0.1, -0.05) is 26.0 Å². The molecule has 0 saturated heterocycles. The third-order valence-electron chi connectivity index (χ3n) is 3.75. The van der Waals surface area contributed by atoms with Crippen LogP contribution in [0.4, 0.5) is 0 Å². The summed E-state index contributed by atoms with van der Waals surface area (Å²) in [7, 11) is 1.59. The third-order valence-corrected chi connectivity index (χ3v) is 4.84. The van der Waals surface area contributed by atoms with Crippen LogP contribution in [0.15, 0.2) is 52.0 Å². The molecule has 3 rings (SSSR count). The van der Waals surface area contributed by atoms with Crippen molar-refractivity contribution in [3.8, 4) is 5.75 Å². The Morgan fingerprint density at radius 1 is 1.12 bits per heavy atom. The molecule has 0 bridgehead atoms.